The zero-order valence-electron chi connectivity index (χ0n) is 27.9. The van der Waals surface area contributed by atoms with Gasteiger partial charge in [0.05, 0.1) is 0 Å². The number of hydrogen-bond acceptors (Lipinski definition) is 0. The standard InChI is InChI=1S/C33H33.C5H5.C4H9.CH2.Zr/c1-32(2,3)30-20-26-24(18-28(30)22-13-9-7-10-14-22)17-25-19-29(23-15-11-8-12-16-23)31(21-27(25)26)33(4,5)6;1-2-4-5-3-1;1-3-4-2;;/h7-21H,1-6H3;1-5H;1,3-4H2,2H3;1H2;/q3*-1;;. The van der Waals surface area contributed by atoms with Gasteiger partial charge >= 0.3 is 28.4 Å². The second kappa shape index (κ2) is 16.2. The first-order valence-electron chi connectivity index (χ1n) is 15.7. The first-order valence-corrected chi connectivity index (χ1v) is 17.4. The Morgan fingerprint density at radius 1 is 0.614 bits per heavy atom. The van der Waals surface area contributed by atoms with Crippen LogP contribution in [0, 0.1) is 6.92 Å². The number of hydrogen-bond donors (Lipinski definition) is 0. The Morgan fingerprint density at radius 2 is 0.977 bits per heavy atom. The van der Waals surface area contributed by atoms with Crippen LogP contribution in [0.4, 0.5) is 0 Å². The van der Waals surface area contributed by atoms with E-state index >= 15 is 0 Å². The molecule has 0 unspecified atom stereocenters. The molecule has 1 heteroatoms. The molecule has 0 aliphatic heterocycles. The van der Waals surface area contributed by atoms with E-state index in [-0.39, 0.29) is 10.8 Å². The summed E-state index contributed by atoms with van der Waals surface area (Å²) in [5, 5.41) is 5.36. The van der Waals surface area contributed by atoms with E-state index in [1.165, 1.54) is 85.6 Å². The van der Waals surface area contributed by atoms with Crippen molar-refractivity contribution in [2.75, 3.05) is 0 Å². The number of benzene rings is 4. The number of unbranched alkanes of at least 4 members (excludes halogenated alkanes) is 1. The average Bonchev–Trinajstić information content (AvgIpc) is 3.73. The summed E-state index contributed by atoms with van der Waals surface area (Å²) in [5.41, 5.74) is 8.16. The van der Waals surface area contributed by atoms with E-state index in [4.69, 9.17) is 0 Å². The molecule has 0 saturated carbocycles. The summed E-state index contributed by atoms with van der Waals surface area (Å²) in [4.78, 5) is 0. The van der Waals surface area contributed by atoms with Crippen molar-refractivity contribution < 1.29 is 24.2 Å². The van der Waals surface area contributed by atoms with E-state index < -0.39 is 0 Å². The van der Waals surface area contributed by atoms with Crippen molar-refractivity contribution in [3.63, 3.8) is 0 Å². The molecule has 0 aliphatic rings. The van der Waals surface area contributed by atoms with Crippen LogP contribution in [0.5, 0.6) is 0 Å². The van der Waals surface area contributed by atoms with Gasteiger partial charge in [-0.05, 0) is 44.2 Å². The molecule has 0 fully saturated rings. The van der Waals surface area contributed by atoms with Gasteiger partial charge in [-0.1, -0.05) is 128 Å². The van der Waals surface area contributed by atoms with E-state index in [2.05, 4.69) is 151 Å². The third-order valence-corrected chi connectivity index (χ3v) is 7.68. The zero-order valence-corrected chi connectivity index (χ0v) is 30.3. The van der Waals surface area contributed by atoms with Gasteiger partial charge in [0.15, 0.2) is 0 Å². The van der Waals surface area contributed by atoms with Crippen molar-refractivity contribution in [1.29, 1.82) is 0 Å². The van der Waals surface area contributed by atoms with Crippen molar-refractivity contribution in [3.8, 4) is 22.3 Å². The van der Waals surface area contributed by atoms with Crippen molar-refractivity contribution in [3.05, 3.63) is 139 Å². The topological polar surface area (TPSA) is 0 Å². The molecule has 0 N–H and O–H groups in total. The van der Waals surface area contributed by atoms with Crippen LogP contribution in [-0.2, 0) is 35.1 Å². The Hall–Kier alpha value is -3.15. The van der Waals surface area contributed by atoms with Gasteiger partial charge < -0.3 is 6.92 Å². The molecule has 0 nitrogen and oxygen atoms in total. The third kappa shape index (κ3) is 8.95. The molecule has 0 radical (unpaired) electrons. The quantitative estimate of drug-likeness (QED) is 0.166. The Labute approximate surface area is 282 Å². The van der Waals surface area contributed by atoms with E-state index in [0.717, 1.165) is 6.42 Å². The minimum Gasteiger partial charge on any atom is -0.214 e. The fourth-order valence-electron chi connectivity index (χ4n) is 5.38. The fraction of sp³-hybridized carbons (Fsp3) is 0.256. The smallest absolute Gasteiger partial charge is 0.172 e. The summed E-state index contributed by atoms with van der Waals surface area (Å²) in [6, 6.07) is 43.7. The Bertz CT molecular complexity index is 1560. The molecule has 6 rings (SSSR count). The molecular weight excluding hydrogens is 608 g/mol. The van der Waals surface area contributed by atoms with Gasteiger partial charge in [-0.2, -0.15) is 24.6 Å². The van der Waals surface area contributed by atoms with Gasteiger partial charge in [0.25, 0.3) is 0 Å². The van der Waals surface area contributed by atoms with Crippen LogP contribution < -0.4 is 0 Å². The van der Waals surface area contributed by atoms with Gasteiger partial charge in [-0.15, -0.1) is 39.7 Å². The van der Waals surface area contributed by atoms with Gasteiger partial charge in [0, 0.05) is 0 Å². The molecule has 6 aromatic carbocycles. The first kappa shape index (κ1) is 35.3. The van der Waals surface area contributed by atoms with Crippen LogP contribution in [0.2, 0.25) is 0 Å². The Kier molecular flexibility index (Phi) is 13.0. The van der Waals surface area contributed by atoms with Crippen LogP contribution in [0.1, 0.15) is 72.4 Å². The van der Waals surface area contributed by atoms with Crippen LogP contribution in [0.15, 0.2) is 121 Å². The van der Waals surface area contributed by atoms with E-state index in [9.17, 15) is 0 Å². The predicted molar refractivity (Wildman–Crippen MR) is 195 cm³/mol. The van der Waals surface area contributed by atoms with Gasteiger partial charge in [0.2, 0.25) is 0 Å². The molecule has 0 amide bonds. The molecule has 0 saturated heterocycles. The van der Waals surface area contributed by atoms with Crippen LogP contribution in [0.3, 0.4) is 0 Å². The maximum atomic E-state index is 3.60. The summed E-state index contributed by atoms with van der Waals surface area (Å²) in [6.45, 7) is 19.6. The molecule has 0 heterocycles. The van der Waals surface area contributed by atoms with E-state index in [1.807, 2.05) is 30.3 Å². The maximum Gasteiger partial charge on any atom is -0.172 e. The summed E-state index contributed by atoms with van der Waals surface area (Å²) >= 11 is 1.30. The molecule has 0 spiro atoms. The zero-order chi connectivity index (χ0) is 32.3. The van der Waals surface area contributed by atoms with E-state index in [1.54, 1.807) is 0 Å². The molecular formula is C43H49Zr-3. The summed E-state index contributed by atoms with van der Waals surface area (Å²) < 4.78 is 3.34. The molecule has 44 heavy (non-hydrogen) atoms. The predicted octanol–water partition coefficient (Wildman–Crippen LogP) is 12.6. The van der Waals surface area contributed by atoms with Crippen LogP contribution >= 0.6 is 0 Å². The summed E-state index contributed by atoms with van der Waals surface area (Å²) in [7, 11) is 0. The SMILES string of the molecule is CC(C)(C)c1cc2c(cc1-c1ccccc1)[cH-]c1cc(-c3ccccc3)c(C(C)(C)C)cc12.[CH2-]CCC.[CH2]=[Zr].c1cc[cH-]c1. The first-order chi connectivity index (χ1) is 21.0. The average molecular weight is 657 g/mol. The fourth-order valence-corrected chi connectivity index (χ4v) is 5.38. The van der Waals surface area contributed by atoms with Gasteiger partial charge in [-0.25, -0.2) is 12.1 Å². The second-order valence-corrected chi connectivity index (χ2v) is 13.2. The summed E-state index contributed by atoms with van der Waals surface area (Å²) in [5.74, 6) is 0. The van der Waals surface area contributed by atoms with Gasteiger partial charge in [-0.3, -0.25) is 0 Å². The Morgan fingerprint density at radius 3 is 1.25 bits per heavy atom. The molecule has 6 aromatic rings. The molecule has 228 valence electrons. The van der Waals surface area contributed by atoms with Crippen molar-refractivity contribution in [2.45, 2.75) is 72.1 Å². The summed E-state index contributed by atoms with van der Waals surface area (Å²) in [6.07, 6.45) is 2.28. The Balaban J connectivity index is 0.000000413. The monoisotopic (exact) mass is 655 g/mol. The number of rotatable bonds is 3. The van der Waals surface area contributed by atoms with Crippen LogP contribution in [-0.4, -0.2) is 4.21 Å². The molecule has 0 atom stereocenters. The van der Waals surface area contributed by atoms with E-state index in [0.29, 0.717) is 0 Å². The largest absolute Gasteiger partial charge is 0.214 e. The third-order valence-electron chi connectivity index (χ3n) is 7.68. The number of fused-ring (bicyclic) bond motifs is 3. The minimum absolute atomic E-state index is 0.0554. The molecule has 0 aromatic heterocycles. The van der Waals surface area contributed by atoms with Crippen LogP contribution in [0.25, 0.3) is 43.8 Å². The van der Waals surface area contributed by atoms with Crippen molar-refractivity contribution in [2.24, 2.45) is 0 Å². The molecule has 0 bridgehead atoms. The van der Waals surface area contributed by atoms with Crippen molar-refractivity contribution in [1.82, 2.24) is 0 Å². The minimum atomic E-state index is 0.0554. The van der Waals surface area contributed by atoms with Gasteiger partial charge in [0.1, 0.15) is 0 Å². The van der Waals surface area contributed by atoms with Crippen molar-refractivity contribution >= 4 is 25.8 Å². The molecule has 0 aliphatic carbocycles. The maximum absolute atomic E-state index is 3.60. The normalized spacial score (nSPS) is 11.1. The second-order valence-electron chi connectivity index (χ2n) is 13.2.